The molecule has 0 radical (unpaired) electrons. The van der Waals surface area contributed by atoms with Gasteiger partial charge in [-0.05, 0) is 61.1 Å². The Labute approximate surface area is 199 Å². The molecule has 4 rings (SSSR count). The molecule has 1 N–H and O–H groups in total. The topological polar surface area (TPSA) is 55.9 Å². The molecule has 8 heteroatoms. The number of rotatable bonds is 4. The van der Waals surface area contributed by atoms with E-state index in [4.69, 9.17) is 11.6 Å². The van der Waals surface area contributed by atoms with E-state index < -0.39 is 5.82 Å². The molecule has 0 aliphatic carbocycles. The lowest BCUT2D eigenvalue weighted by Gasteiger charge is -2.32. The minimum Gasteiger partial charge on any atom is -0.369 e. The van der Waals surface area contributed by atoms with Crippen LogP contribution in [0.1, 0.15) is 37.7 Å². The van der Waals surface area contributed by atoms with Gasteiger partial charge >= 0.3 is 6.03 Å². The standard InChI is InChI=1S/C25H30ClFN4O2/c1-17(32)29(2)22-11-14-31(16-22)21-7-8-24(23(27)15-21)28-25(33)30-12-9-19(10-13-30)18-3-5-20(26)6-4-18/h3-8,15,19,22H,9-14,16H2,1-2H3,(H,28,33). The number of carbonyl (C=O) groups excluding carboxylic acids is 2. The van der Waals surface area contributed by atoms with Crippen LogP contribution in [0.5, 0.6) is 0 Å². The van der Waals surface area contributed by atoms with Gasteiger partial charge in [0.25, 0.3) is 0 Å². The molecule has 176 valence electrons. The van der Waals surface area contributed by atoms with Crippen molar-refractivity contribution in [2.75, 3.05) is 43.4 Å². The Hall–Kier alpha value is -2.80. The van der Waals surface area contributed by atoms with Gasteiger partial charge in [-0.25, -0.2) is 9.18 Å². The Morgan fingerprint density at radius 2 is 1.76 bits per heavy atom. The van der Waals surface area contributed by atoms with Gasteiger partial charge in [0.1, 0.15) is 5.82 Å². The summed E-state index contributed by atoms with van der Waals surface area (Å²) in [6, 6.07) is 12.6. The first-order valence-corrected chi connectivity index (χ1v) is 11.8. The predicted molar refractivity (Wildman–Crippen MR) is 129 cm³/mol. The first kappa shape index (κ1) is 23.4. The summed E-state index contributed by atoms with van der Waals surface area (Å²) < 4.78 is 14.8. The molecule has 1 atom stereocenters. The third-order valence-corrected chi connectivity index (χ3v) is 7.14. The number of benzene rings is 2. The van der Waals surface area contributed by atoms with E-state index in [-0.39, 0.29) is 23.7 Å². The second kappa shape index (κ2) is 10.00. The number of hydrogen-bond donors (Lipinski definition) is 1. The lowest BCUT2D eigenvalue weighted by Crippen LogP contribution is -2.40. The Balaban J connectivity index is 1.32. The molecule has 2 aromatic rings. The van der Waals surface area contributed by atoms with Crippen molar-refractivity contribution in [3.63, 3.8) is 0 Å². The summed E-state index contributed by atoms with van der Waals surface area (Å²) in [4.78, 5) is 29.9. The van der Waals surface area contributed by atoms with Crippen LogP contribution in [0.4, 0.5) is 20.6 Å². The molecule has 33 heavy (non-hydrogen) atoms. The zero-order valence-corrected chi connectivity index (χ0v) is 19.8. The quantitative estimate of drug-likeness (QED) is 0.685. The number of amides is 3. The highest BCUT2D eigenvalue weighted by Crippen LogP contribution is 2.30. The number of carbonyl (C=O) groups is 2. The normalized spacial score (nSPS) is 19.0. The number of hydrogen-bond acceptors (Lipinski definition) is 3. The van der Waals surface area contributed by atoms with E-state index in [2.05, 4.69) is 10.2 Å². The van der Waals surface area contributed by atoms with E-state index in [1.807, 2.05) is 30.3 Å². The van der Waals surface area contributed by atoms with Crippen LogP contribution in [0.3, 0.4) is 0 Å². The summed E-state index contributed by atoms with van der Waals surface area (Å²) in [5.74, 6) is -0.0303. The highest BCUT2D eigenvalue weighted by Gasteiger charge is 2.28. The summed E-state index contributed by atoms with van der Waals surface area (Å²) in [5.41, 5.74) is 2.17. The number of anilines is 2. The Bertz CT molecular complexity index is 1010. The molecule has 2 saturated heterocycles. The molecule has 2 heterocycles. The molecule has 0 saturated carbocycles. The van der Waals surface area contributed by atoms with Crippen molar-refractivity contribution in [2.24, 2.45) is 0 Å². The number of piperidine rings is 1. The molecule has 1 unspecified atom stereocenters. The summed E-state index contributed by atoms with van der Waals surface area (Å²) >= 11 is 5.97. The van der Waals surface area contributed by atoms with Crippen LogP contribution >= 0.6 is 11.6 Å². The summed E-state index contributed by atoms with van der Waals surface area (Å²) in [6.45, 7) is 4.23. The zero-order chi connectivity index (χ0) is 23.5. The fraction of sp³-hybridized carbons (Fsp3) is 0.440. The third kappa shape index (κ3) is 5.41. The lowest BCUT2D eigenvalue weighted by atomic mass is 9.89. The summed E-state index contributed by atoms with van der Waals surface area (Å²) in [6.07, 6.45) is 2.57. The molecule has 0 spiro atoms. The highest BCUT2D eigenvalue weighted by molar-refractivity contribution is 6.30. The van der Waals surface area contributed by atoms with Gasteiger partial charge in [0.15, 0.2) is 0 Å². The van der Waals surface area contributed by atoms with Crippen LogP contribution in [0.2, 0.25) is 5.02 Å². The van der Waals surface area contributed by atoms with Crippen molar-refractivity contribution >= 4 is 34.9 Å². The minimum absolute atomic E-state index is 0.0308. The largest absolute Gasteiger partial charge is 0.369 e. The van der Waals surface area contributed by atoms with Gasteiger partial charge in [-0.2, -0.15) is 0 Å². The van der Waals surface area contributed by atoms with E-state index in [0.29, 0.717) is 25.6 Å². The third-order valence-electron chi connectivity index (χ3n) is 6.89. The van der Waals surface area contributed by atoms with Gasteiger partial charge in [0.2, 0.25) is 5.91 Å². The van der Waals surface area contributed by atoms with Crippen LogP contribution in [-0.4, -0.2) is 61.0 Å². The monoisotopic (exact) mass is 472 g/mol. The van der Waals surface area contributed by atoms with Crippen LogP contribution in [0.15, 0.2) is 42.5 Å². The lowest BCUT2D eigenvalue weighted by molar-refractivity contribution is -0.129. The van der Waals surface area contributed by atoms with Crippen molar-refractivity contribution in [1.82, 2.24) is 9.80 Å². The Morgan fingerprint density at radius 1 is 1.06 bits per heavy atom. The van der Waals surface area contributed by atoms with Gasteiger partial charge in [-0.15, -0.1) is 0 Å². The Morgan fingerprint density at radius 3 is 2.39 bits per heavy atom. The number of nitrogens with zero attached hydrogens (tertiary/aromatic N) is 3. The molecule has 6 nitrogen and oxygen atoms in total. The maximum absolute atomic E-state index is 14.8. The predicted octanol–water partition coefficient (Wildman–Crippen LogP) is 4.95. The van der Waals surface area contributed by atoms with Gasteiger partial charge in [-0.1, -0.05) is 23.7 Å². The van der Waals surface area contributed by atoms with E-state index in [1.165, 1.54) is 11.6 Å². The van der Waals surface area contributed by atoms with E-state index >= 15 is 0 Å². The molecule has 2 aliphatic heterocycles. The molecule has 2 fully saturated rings. The van der Waals surface area contributed by atoms with Crippen LogP contribution in [0, 0.1) is 5.82 Å². The first-order chi connectivity index (χ1) is 15.8. The first-order valence-electron chi connectivity index (χ1n) is 11.4. The summed E-state index contributed by atoms with van der Waals surface area (Å²) in [7, 11) is 1.80. The van der Waals surface area contributed by atoms with Gasteiger partial charge < -0.3 is 20.0 Å². The maximum Gasteiger partial charge on any atom is 0.321 e. The van der Waals surface area contributed by atoms with E-state index in [1.54, 1.807) is 29.8 Å². The van der Waals surface area contributed by atoms with Gasteiger partial charge in [0, 0.05) is 50.9 Å². The average Bonchev–Trinajstić information content (AvgIpc) is 3.30. The van der Waals surface area contributed by atoms with Gasteiger partial charge in [0.05, 0.1) is 11.7 Å². The molecular weight excluding hydrogens is 443 g/mol. The molecule has 2 aromatic carbocycles. The summed E-state index contributed by atoms with van der Waals surface area (Å²) in [5, 5.41) is 3.44. The van der Waals surface area contributed by atoms with Gasteiger partial charge in [-0.3, -0.25) is 4.79 Å². The fourth-order valence-electron chi connectivity index (χ4n) is 4.70. The van der Waals surface area contributed by atoms with Crippen molar-refractivity contribution in [1.29, 1.82) is 0 Å². The van der Waals surface area contributed by atoms with Crippen LogP contribution in [0.25, 0.3) is 0 Å². The second-order valence-electron chi connectivity index (χ2n) is 8.93. The number of likely N-dealkylation sites (N-methyl/N-ethyl adjacent to an activating group) is 1. The van der Waals surface area contributed by atoms with Crippen LogP contribution in [-0.2, 0) is 4.79 Å². The molecular formula is C25H30ClFN4O2. The van der Waals surface area contributed by atoms with Crippen molar-refractivity contribution < 1.29 is 14.0 Å². The van der Waals surface area contributed by atoms with Crippen molar-refractivity contribution in [3.8, 4) is 0 Å². The number of urea groups is 1. The zero-order valence-electron chi connectivity index (χ0n) is 19.1. The van der Waals surface area contributed by atoms with Crippen LogP contribution < -0.4 is 10.2 Å². The molecule has 2 aliphatic rings. The second-order valence-corrected chi connectivity index (χ2v) is 9.36. The fourth-order valence-corrected chi connectivity index (χ4v) is 4.82. The number of halogens is 2. The number of likely N-dealkylation sites (tertiary alicyclic amines) is 1. The molecule has 3 amide bonds. The maximum atomic E-state index is 14.8. The SMILES string of the molecule is CC(=O)N(C)C1CCN(c2ccc(NC(=O)N3CCC(c4ccc(Cl)cc4)CC3)c(F)c2)C1. The number of nitrogens with one attached hydrogen (secondary N) is 1. The Kier molecular flexibility index (Phi) is 7.08. The van der Waals surface area contributed by atoms with E-state index in [0.717, 1.165) is 36.5 Å². The minimum atomic E-state index is -0.458. The smallest absolute Gasteiger partial charge is 0.321 e. The van der Waals surface area contributed by atoms with Crippen molar-refractivity contribution in [3.05, 3.63) is 58.9 Å². The highest BCUT2D eigenvalue weighted by atomic mass is 35.5. The van der Waals surface area contributed by atoms with Crippen molar-refractivity contribution in [2.45, 2.75) is 38.1 Å². The molecule has 0 aromatic heterocycles. The van der Waals surface area contributed by atoms with E-state index in [9.17, 15) is 14.0 Å². The average molecular weight is 473 g/mol. The molecule has 0 bridgehead atoms.